The number of rotatable bonds is 7. The lowest BCUT2D eigenvalue weighted by molar-refractivity contribution is -0.148. The highest BCUT2D eigenvalue weighted by Crippen LogP contribution is 2.33. The Balaban J connectivity index is 1.25. The predicted octanol–water partition coefficient (Wildman–Crippen LogP) is 0.0919. The minimum atomic E-state index is -1.52. The van der Waals surface area contributed by atoms with E-state index in [1.165, 1.54) is 22.1 Å². The van der Waals surface area contributed by atoms with Gasteiger partial charge in [-0.05, 0) is 19.1 Å². The Bertz CT molecular complexity index is 1470. The number of carbonyl (C=O) groups excluding carboxylic acids is 2. The second kappa shape index (κ2) is 9.65. The largest absolute Gasteiger partial charge is 0.494 e. The number of imidazole rings is 1. The number of likely N-dealkylation sites (N-methyl/N-ethyl adjacent to an activating group) is 1. The van der Waals surface area contributed by atoms with Crippen LogP contribution in [0.2, 0.25) is 0 Å². The van der Waals surface area contributed by atoms with E-state index in [0.717, 1.165) is 0 Å². The van der Waals surface area contributed by atoms with Crippen LogP contribution in [-0.4, -0.2) is 87.9 Å². The number of nitrogens with one attached hydrogen (secondary N) is 2. The Morgan fingerprint density at radius 1 is 1.22 bits per heavy atom. The number of anilines is 2. The van der Waals surface area contributed by atoms with E-state index in [2.05, 4.69) is 25.3 Å². The first-order valence-electron chi connectivity index (χ1n) is 11.6. The Labute approximate surface area is 209 Å². The summed E-state index contributed by atoms with van der Waals surface area (Å²) in [6.07, 6.45) is -1.32. The summed E-state index contributed by atoms with van der Waals surface area (Å²) in [4.78, 5) is 42.0. The Morgan fingerprint density at radius 3 is 2.81 bits per heavy atom. The highest BCUT2D eigenvalue weighted by Gasteiger charge is 2.48. The molecule has 1 aliphatic rings. The number of hydrogen-bond donors (Lipinski definition) is 6. The third-order valence-corrected chi connectivity index (χ3v) is 6.43. The van der Waals surface area contributed by atoms with E-state index in [-0.39, 0.29) is 42.8 Å². The molecule has 0 saturated carbocycles. The molecule has 1 aromatic carbocycles. The minimum Gasteiger partial charge on any atom is -0.494 e. The topological polar surface area (TPSA) is 205 Å². The molecule has 4 heterocycles. The van der Waals surface area contributed by atoms with Crippen LogP contribution in [-0.2, 0) is 14.3 Å². The van der Waals surface area contributed by atoms with E-state index in [1.54, 1.807) is 31.3 Å². The molecule has 5 rings (SSSR count). The van der Waals surface area contributed by atoms with Gasteiger partial charge in [0.2, 0.25) is 5.91 Å². The molecule has 4 unspecified atom stereocenters. The van der Waals surface area contributed by atoms with Crippen LogP contribution >= 0.6 is 0 Å². The zero-order valence-electron chi connectivity index (χ0n) is 19.8. The number of benzene rings is 1. The smallest absolute Gasteiger partial charge is 0.254 e. The number of ether oxygens (including phenoxy) is 1. The molecule has 194 valence electrons. The zero-order chi connectivity index (χ0) is 26.3. The Kier molecular flexibility index (Phi) is 6.37. The van der Waals surface area contributed by atoms with Gasteiger partial charge in [0, 0.05) is 36.5 Å². The maximum atomic E-state index is 13.2. The van der Waals surface area contributed by atoms with Crippen molar-refractivity contribution >= 4 is 45.3 Å². The molecule has 4 atom stereocenters. The fourth-order valence-electron chi connectivity index (χ4n) is 4.46. The number of H-pyrrole nitrogens is 1. The normalized spacial score (nSPS) is 21.5. The van der Waals surface area contributed by atoms with Gasteiger partial charge in [0.15, 0.2) is 29.7 Å². The number of amides is 2. The second-order valence-corrected chi connectivity index (χ2v) is 8.63. The molecule has 4 aromatic rings. The summed E-state index contributed by atoms with van der Waals surface area (Å²) in [7, 11) is 0. The average molecular weight is 511 g/mol. The maximum absolute atomic E-state index is 13.2. The van der Waals surface area contributed by atoms with E-state index in [1.807, 2.05) is 0 Å². The quantitative estimate of drug-likeness (QED) is 0.198. The monoisotopic (exact) mass is 510 g/mol. The van der Waals surface area contributed by atoms with Crippen molar-refractivity contribution < 1.29 is 29.6 Å². The molecule has 14 nitrogen and oxygen atoms in total. The number of nitrogens with two attached hydrogens (primary N) is 1. The number of aliphatic hydroxyl groups is 2. The summed E-state index contributed by atoms with van der Waals surface area (Å²) < 4.78 is 7.17. The highest BCUT2D eigenvalue weighted by molar-refractivity contribution is 6.03. The van der Waals surface area contributed by atoms with Gasteiger partial charge < -0.3 is 41.0 Å². The van der Waals surface area contributed by atoms with Crippen LogP contribution in [0.4, 0.5) is 11.5 Å². The molecule has 1 aliphatic heterocycles. The fourth-order valence-corrected chi connectivity index (χ4v) is 4.46. The molecular weight excluding hydrogens is 484 g/mol. The van der Waals surface area contributed by atoms with E-state index in [0.29, 0.717) is 22.0 Å². The SMILES string of the molecule is CCN(CCC(=O)Nc1cccc2c(O)[nH]cc12)C(=O)C1OC(n2cnc3c(N)ncnc32)C(O)C1O. The minimum absolute atomic E-state index is 0.00377. The lowest BCUT2D eigenvalue weighted by atomic mass is 10.1. The summed E-state index contributed by atoms with van der Waals surface area (Å²) in [5.41, 5.74) is 6.92. The third kappa shape index (κ3) is 4.30. The molecule has 0 bridgehead atoms. The van der Waals surface area contributed by atoms with Crippen LogP contribution in [0, 0.1) is 0 Å². The summed E-state index contributed by atoms with van der Waals surface area (Å²) in [6, 6.07) is 5.13. The summed E-state index contributed by atoms with van der Waals surface area (Å²) >= 11 is 0. The van der Waals surface area contributed by atoms with Crippen molar-refractivity contribution in [2.75, 3.05) is 24.1 Å². The van der Waals surface area contributed by atoms with Gasteiger partial charge in [-0.3, -0.25) is 14.2 Å². The van der Waals surface area contributed by atoms with Gasteiger partial charge >= 0.3 is 0 Å². The molecule has 37 heavy (non-hydrogen) atoms. The summed E-state index contributed by atoms with van der Waals surface area (Å²) in [5.74, 6) is -0.763. The maximum Gasteiger partial charge on any atom is 0.254 e. The van der Waals surface area contributed by atoms with Crippen LogP contribution in [0.25, 0.3) is 21.9 Å². The van der Waals surface area contributed by atoms with Crippen molar-refractivity contribution in [2.45, 2.75) is 37.9 Å². The van der Waals surface area contributed by atoms with Gasteiger partial charge in [0.25, 0.3) is 5.91 Å². The molecule has 3 aromatic heterocycles. The first kappa shape index (κ1) is 24.4. The number of aromatic amines is 1. The molecule has 7 N–H and O–H groups in total. The van der Waals surface area contributed by atoms with Gasteiger partial charge in [-0.15, -0.1) is 0 Å². The molecule has 0 aliphatic carbocycles. The van der Waals surface area contributed by atoms with E-state index in [9.17, 15) is 24.9 Å². The molecule has 0 spiro atoms. The van der Waals surface area contributed by atoms with Crippen molar-refractivity contribution in [3.8, 4) is 5.88 Å². The molecule has 1 fully saturated rings. The van der Waals surface area contributed by atoms with E-state index < -0.39 is 30.4 Å². The van der Waals surface area contributed by atoms with Crippen LogP contribution in [0.3, 0.4) is 0 Å². The number of carbonyl (C=O) groups is 2. The lowest BCUT2D eigenvalue weighted by Gasteiger charge is -2.25. The predicted molar refractivity (Wildman–Crippen MR) is 131 cm³/mol. The van der Waals surface area contributed by atoms with Gasteiger partial charge in [-0.1, -0.05) is 6.07 Å². The molecular formula is C23H26N8O6. The number of fused-ring (bicyclic) bond motifs is 2. The van der Waals surface area contributed by atoms with Crippen molar-refractivity contribution in [2.24, 2.45) is 0 Å². The van der Waals surface area contributed by atoms with Crippen molar-refractivity contribution in [1.82, 2.24) is 29.4 Å². The summed E-state index contributed by atoms with van der Waals surface area (Å²) in [6.45, 7) is 2.04. The van der Waals surface area contributed by atoms with E-state index >= 15 is 0 Å². The first-order chi connectivity index (χ1) is 17.8. The number of aliphatic hydroxyl groups excluding tert-OH is 2. The highest BCUT2D eigenvalue weighted by atomic mass is 16.6. The Morgan fingerprint density at radius 2 is 2.03 bits per heavy atom. The Hall–Kier alpha value is -4.27. The number of aromatic hydroxyl groups is 1. The van der Waals surface area contributed by atoms with Crippen LogP contribution in [0.15, 0.2) is 37.1 Å². The van der Waals surface area contributed by atoms with Crippen molar-refractivity contribution in [3.05, 3.63) is 37.1 Å². The molecule has 0 radical (unpaired) electrons. The zero-order valence-corrected chi connectivity index (χ0v) is 19.8. The number of nitrogen functional groups attached to an aromatic ring is 1. The van der Waals surface area contributed by atoms with Crippen LogP contribution in [0.5, 0.6) is 5.88 Å². The van der Waals surface area contributed by atoms with Gasteiger partial charge in [-0.25, -0.2) is 15.0 Å². The van der Waals surface area contributed by atoms with Crippen molar-refractivity contribution in [1.29, 1.82) is 0 Å². The van der Waals surface area contributed by atoms with Gasteiger partial charge in [0.05, 0.1) is 12.0 Å². The molecule has 2 amide bonds. The second-order valence-electron chi connectivity index (χ2n) is 8.63. The fraction of sp³-hybridized carbons (Fsp3) is 0.348. The van der Waals surface area contributed by atoms with Crippen LogP contribution < -0.4 is 11.1 Å². The van der Waals surface area contributed by atoms with Crippen molar-refractivity contribution in [3.63, 3.8) is 0 Å². The lowest BCUT2D eigenvalue weighted by Crippen LogP contribution is -2.46. The number of aromatic nitrogens is 5. The number of hydrogen-bond acceptors (Lipinski definition) is 10. The first-order valence-corrected chi connectivity index (χ1v) is 11.6. The van der Waals surface area contributed by atoms with E-state index in [4.69, 9.17) is 10.5 Å². The van der Waals surface area contributed by atoms with Gasteiger partial charge in [0.1, 0.15) is 24.1 Å². The third-order valence-electron chi connectivity index (χ3n) is 6.43. The summed E-state index contributed by atoms with van der Waals surface area (Å²) in [5, 5.41) is 35.1. The van der Waals surface area contributed by atoms with Gasteiger partial charge in [-0.2, -0.15) is 0 Å². The molecule has 1 saturated heterocycles. The van der Waals surface area contributed by atoms with Crippen LogP contribution in [0.1, 0.15) is 19.6 Å². The average Bonchev–Trinajstić information content (AvgIpc) is 3.57. The molecule has 14 heteroatoms. The standard InChI is InChI=1S/C23H26N8O6/c1-2-30(7-6-14(32)29-13-5-3-4-11-12(13)8-25-21(11)35)22(36)18-16(33)17(34)23(37-18)31-10-28-15-19(24)26-9-27-20(15)31/h3-5,8-10,16-18,23,25,33-35H,2,6-7H2,1H3,(H,29,32)(H2,24,26,27). The number of nitrogens with zero attached hydrogens (tertiary/aromatic N) is 5.